The lowest BCUT2D eigenvalue weighted by Crippen LogP contribution is -2.38. The average molecular weight is 308 g/mol. The van der Waals surface area contributed by atoms with Crippen molar-refractivity contribution in [2.45, 2.75) is 25.7 Å². The van der Waals surface area contributed by atoms with Crippen LogP contribution in [0.5, 0.6) is 0 Å². The Hall–Kier alpha value is -0.290. The third kappa shape index (κ3) is 2.99. The Morgan fingerprint density at radius 2 is 2.11 bits per heavy atom. The van der Waals surface area contributed by atoms with Crippen molar-refractivity contribution < 1.29 is 9.90 Å². The monoisotopic (exact) mass is 307 g/mol. The summed E-state index contributed by atoms with van der Waals surface area (Å²) in [5.74, 6) is -0.220. The van der Waals surface area contributed by atoms with Crippen molar-refractivity contribution in [2.75, 3.05) is 13.2 Å². The van der Waals surface area contributed by atoms with Crippen molar-refractivity contribution in [2.24, 2.45) is 5.41 Å². The Morgan fingerprint density at radius 3 is 2.61 bits per heavy atom. The molecule has 0 aliphatic heterocycles. The molecule has 1 saturated carbocycles. The molecular formula is C12H15Cl2NO2S. The minimum atomic E-state index is -0.220. The first-order chi connectivity index (χ1) is 8.56. The molecule has 1 heterocycles. The van der Waals surface area contributed by atoms with Gasteiger partial charge in [-0.25, -0.2) is 0 Å². The largest absolute Gasteiger partial charge is 0.396 e. The van der Waals surface area contributed by atoms with Gasteiger partial charge in [-0.3, -0.25) is 4.79 Å². The number of thiophene rings is 1. The van der Waals surface area contributed by atoms with Gasteiger partial charge in [-0.05, 0) is 18.9 Å². The van der Waals surface area contributed by atoms with Crippen LogP contribution in [0.1, 0.15) is 36.0 Å². The fourth-order valence-electron chi connectivity index (χ4n) is 2.37. The molecule has 18 heavy (non-hydrogen) atoms. The van der Waals surface area contributed by atoms with Crippen molar-refractivity contribution in [3.63, 3.8) is 0 Å². The second-order valence-corrected chi connectivity index (χ2v) is 7.07. The second-order valence-electron chi connectivity index (χ2n) is 4.79. The van der Waals surface area contributed by atoms with E-state index in [0.717, 1.165) is 25.7 Å². The summed E-state index contributed by atoms with van der Waals surface area (Å²) in [6.07, 6.45) is 4.15. The molecule has 0 saturated heterocycles. The quantitative estimate of drug-likeness (QED) is 0.896. The predicted molar refractivity (Wildman–Crippen MR) is 74.7 cm³/mol. The molecule has 2 N–H and O–H groups in total. The molecule has 0 atom stereocenters. The summed E-state index contributed by atoms with van der Waals surface area (Å²) in [4.78, 5) is 12.0. The van der Waals surface area contributed by atoms with E-state index in [4.69, 9.17) is 23.2 Å². The fraction of sp³-hybridized carbons (Fsp3) is 0.583. The number of hydrogen-bond acceptors (Lipinski definition) is 3. The van der Waals surface area contributed by atoms with Crippen molar-refractivity contribution >= 4 is 40.4 Å². The lowest BCUT2D eigenvalue weighted by atomic mass is 9.87. The molecule has 0 aromatic carbocycles. The molecule has 6 heteroatoms. The molecule has 1 aliphatic rings. The first-order valence-corrected chi connectivity index (χ1v) is 7.47. The van der Waals surface area contributed by atoms with Crippen LogP contribution >= 0.6 is 34.5 Å². The Bertz CT molecular complexity index is 441. The number of halogens is 2. The van der Waals surface area contributed by atoms with Gasteiger partial charge in [-0.15, -0.1) is 11.3 Å². The van der Waals surface area contributed by atoms with Gasteiger partial charge in [0.25, 0.3) is 5.91 Å². The van der Waals surface area contributed by atoms with E-state index in [0.29, 0.717) is 20.8 Å². The van der Waals surface area contributed by atoms with Crippen molar-refractivity contribution in [1.29, 1.82) is 0 Å². The van der Waals surface area contributed by atoms with Crippen molar-refractivity contribution in [3.8, 4) is 0 Å². The van der Waals surface area contributed by atoms with Crippen LogP contribution in [0.15, 0.2) is 6.07 Å². The third-order valence-electron chi connectivity index (χ3n) is 3.52. The Morgan fingerprint density at radius 1 is 1.44 bits per heavy atom. The minimum Gasteiger partial charge on any atom is -0.396 e. The zero-order valence-electron chi connectivity index (χ0n) is 9.84. The van der Waals surface area contributed by atoms with Gasteiger partial charge < -0.3 is 10.4 Å². The molecule has 0 spiro atoms. The van der Waals surface area contributed by atoms with Crippen LogP contribution in [0.3, 0.4) is 0 Å². The molecule has 1 fully saturated rings. The topological polar surface area (TPSA) is 49.3 Å². The standard InChI is InChI=1S/C12H15Cl2NO2S/c13-9-5-8(10(14)18-9)11(17)15-6-12(7-16)3-1-2-4-12/h5,16H,1-4,6-7H2,(H,15,17). The molecule has 1 aromatic heterocycles. The van der Waals surface area contributed by atoms with Gasteiger partial charge in [0.1, 0.15) is 4.34 Å². The fourth-order valence-corrected chi connectivity index (χ4v) is 3.83. The Balaban J connectivity index is 1.98. The van der Waals surface area contributed by atoms with E-state index >= 15 is 0 Å². The van der Waals surface area contributed by atoms with Gasteiger partial charge in [-0.1, -0.05) is 36.0 Å². The van der Waals surface area contributed by atoms with E-state index in [9.17, 15) is 9.90 Å². The number of nitrogens with one attached hydrogen (secondary N) is 1. The van der Waals surface area contributed by atoms with Crippen molar-refractivity contribution in [3.05, 3.63) is 20.3 Å². The van der Waals surface area contributed by atoms with E-state index in [1.165, 1.54) is 11.3 Å². The van der Waals surface area contributed by atoms with Crippen LogP contribution in [-0.2, 0) is 0 Å². The summed E-state index contributed by atoms with van der Waals surface area (Å²) in [5.41, 5.74) is 0.264. The van der Waals surface area contributed by atoms with Gasteiger partial charge in [0, 0.05) is 12.0 Å². The summed E-state index contributed by atoms with van der Waals surface area (Å²) in [6.45, 7) is 0.609. The first-order valence-electron chi connectivity index (χ1n) is 5.90. The van der Waals surface area contributed by atoms with Crippen LogP contribution < -0.4 is 5.32 Å². The zero-order chi connectivity index (χ0) is 13.2. The van der Waals surface area contributed by atoms with E-state index in [1.54, 1.807) is 6.07 Å². The highest BCUT2D eigenvalue weighted by Crippen LogP contribution is 2.37. The summed E-state index contributed by atoms with van der Waals surface area (Å²) in [6, 6.07) is 1.57. The number of carbonyl (C=O) groups excluding carboxylic acids is 1. The molecule has 1 aliphatic carbocycles. The van der Waals surface area contributed by atoms with E-state index in [2.05, 4.69) is 5.32 Å². The molecule has 3 nitrogen and oxygen atoms in total. The van der Waals surface area contributed by atoms with Crippen LogP contribution in [0.2, 0.25) is 8.67 Å². The average Bonchev–Trinajstić information content (AvgIpc) is 2.94. The smallest absolute Gasteiger partial charge is 0.253 e. The van der Waals surface area contributed by atoms with Crippen LogP contribution in [-0.4, -0.2) is 24.2 Å². The van der Waals surface area contributed by atoms with E-state index in [-0.39, 0.29) is 17.9 Å². The lowest BCUT2D eigenvalue weighted by Gasteiger charge is -2.26. The molecule has 0 radical (unpaired) electrons. The Labute approximate surface area is 120 Å². The highest BCUT2D eigenvalue weighted by atomic mass is 35.5. The highest BCUT2D eigenvalue weighted by Gasteiger charge is 2.33. The van der Waals surface area contributed by atoms with Crippen molar-refractivity contribution in [1.82, 2.24) is 5.32 Å². The highest BCUT2D eigenvalue weighted by molar-refractivity contribution is 7.20. The number of carbonyl (C=O) groups is 1. The number of aliphatic hydroxyl groups excluding tert-OH is 1. The van der Waals surface area contributed by atoms with Gasteiger partial charge in [0.2, 0.25) is 0 Å². The molecule has 100 valence electrons. The Kier molecular flexibility index (Phi) is 4.54. The molecular weight excluding hydrogens is 293 g/mol. The maximum atomic E-state index is 12.0. The van der Waals surface area contributed by atoms with Gasteiger partial charge >= 0.3 is 0 Å². The molecule has 1 amide bonds. The minimum absolute atomic E-state index is 0.116. The molecule has 0 unspecified atom stereocenters. The number of aliphatic hydroxyl groups is 1. The normalized spacial score (nSPS) is 17.9. The summed E-state index contributed by atoms with van der Waals surface area (Å²) in [7, 11) is 0. The summed E-state index contributed by atoms with van der Waals surface area (Å²) < 4.78 is 0.907. The van der Waals surface area contributed by atoms with E-state index in [1.807, 2.05) is 0 Å². The molecule has 0 bridgehead atoms. The van der Waals surface area contributed by atoms with Crippen LogP contribution in [0.25, 0.3) is 0 Å². The van der Waals surface area contributed by atoms with E-state index < -0.39 is 0 Å². The molecule has 1 aromatic rings. The zero-order valence-corrected chi connectivity index (χ0v) is 12.2. The lowest BCUT2D eigenvalue weighted by molar-refractivity contribution is 0.0881. The number of hydrogen-bond donors (Lipinski definition) is 2. The summed E-state index contributed by atoms with van der Waals surface area (Å²) in [5, 5.41) is 12.3. The van der Waals surface area contributed by atoms with Crippen LogP contribution in [0.4, 0.5) is 0 Å². The van der Waals surface area contributed by atoms with Gasteiger partial charge in [0.05, 0.1) is 16.5 Å². The van der Waals surface area contributed by atoms with Gasteiger partial charge in [0.15, 0.2) is 0 Å². The SMILES string of the molecule is O=C(NCC1(CO)CCCC1)c1cc(Cl)sc1Cl. The first kappa shape index (κ1) is 14.1. The second kappa shape index (κ2) is 5.78. The predicted octanol–water partition coefficient (Wildman–Crippen LogP) is 3.34. The summed E-state index contributed by atoms with van der Waals surface area (Å²) >= 11 is 12.9. The molecule has 2 rings (SSSR count). The number of rotatable bonds is 4. The maximum absolute atomic E-state index is 12.0. The maximum Gasteiger partial charge on any atom is 0.253 e. The van der Waals surface area contributed by atoms with Gasteiger partial charge in [-0.2, -0.15) is 0 Å². The number of amides is 1. The van der Waals surface area contributed by atoms with Crippen LogP contribution in [0, 0.1) is 5.41 Å². The third-order valence-corrected chi connectivity index (χ3v) is 5.01.